The summed E-state index contributed by atoms with van der Waals surface area (Å²) >= 11 is 7.37. The highest BCUT2D eigenvalue weighted by Gasteiger charge is 2.18. The van der Waals surface area contributed by atoms with Crippen LogP contribution < -0.4 is 4.80 Å². The van der Waals surface area contributed by atoms with E-state index in [9.17, 15) is 4.79 Å². The molecule has 2 aromatic heterocycles. The molecule has 5 nitrogen and oxygen atoms in total. The van der Waals surface area contributed by atoms with Crippen LogP contribution in [0.5, 0.6) is 0 Å². The zero-order valence-corrected chi connectivity index (χ0v) is 14.1. The number of hydrogen-bond donors (Lipinski definition) is 0. The molecular formula is C15H17ClN4OS. The van der Waals surface area contributed by atoms with Crippen molar-refractivity contribution in [2.45, 2.75) is 26.7 Å². The Kier molecular flexibility index (Phi) is 4.31. The third kappa shape index (κ3) is 2.94. The molecule has 116 valence electrons. The van der Waals surface area contributed by atoms with Crippen LogP contribution in [0.1, 0.15) is 23.4 Å². The van der Waals surface area contributed by atoms with Crippen molar-refractivity contribution in [3.05, 3.63) is 38.9 Å². The van der Waals surface area contributed by atoms with Gasteiger partial charge in [0.15, 0.2) is 4.80 Å². The lowest BCUT2D eigenvalue weighted by Gasteiger charge is -2.11. The number of aromatic nitrogens is 2. The summed E-state index contributed by atoms with van der Waals surface area (Å²) in [4.78, 5) is 24.3. The van der Waals surface area contributed by atoms with E-state index in [2.05, 4.69) is 9.98 Å². The Morgan fingerprint density at radius 2 is 2.05 bits per heavy atom. The van der Waals surface area contributed by atoms with Crippen molar-refractivity contribution in [2.24, 2.45) is 4.99 Å². The van der Waals surface area contributed by atoms with Gasteiger partial charge < -0.3 is 4.90 Å². The Balaban J connectivity index is 2.06. The summed E-state index contributed by atoms with van der Waals surface area (Å²) in [5.74, 6) is 0. The average Bonchev–Trinajstić information content (AvgIpc) is 3.11. The lowest BCUT2D eigenvalue weighted by molar-refractivity contribution is 0.218. The maximum absolute atomic E-state index is 12.3. The number of nitrogens with zero attached hydrogens (tertiary/aromatic N) is 4. The number of halogens is 1. The number of pyridine rings is 1. The van der Waals surface area contributed by atoms with E-state index in [0.29, 0.717) is 9.95 Å². The van der Waals surface area contributed by atoms with Gasteiger partial charge in [0.1, 0.15) is 5.15 Å². The summed E-state index contributed by atoms with van der Waals surface area (Å²) in [6.45, 7) is 5.64. The fourth-order valence-electron chi connectivity index (χ4n) is 2.50. The Hall–Kier alpha value is -1.66. The first kappa shape index (κ1) is 15.2. The van der Waals surface area contributed by atoms with Crippen LogP contribution in [0, 0.1) is 13.8 Å². The fraction of sp³-hybridized carbons (Fsp3) is 0.400. The van der Waals surface area contributed by atoms with Gasteiger partial charge in [0.05, 0.1) is 11.9 Å². The lowest BCUT2D eigenvalue weighted by Crippen LogP contribution is -2.27. The van der Waals surface area contributed by atoms with Crippen molar-refractivity contribution in [2.75, 3.05) is 13.1 Å². The summed E-state index contributed by atoms with van der Waals surface area (Å²) in [6, 6.07) is 3.46. The standard InChI is InChI=1S/C15H17ClN4OS/c1-10-11(2)22-15(18-14(21)19-7-3-4-8-19)20(10)12-5-6-13(16)17-9-12/h5-6,9H,3-4,7-8H2,1-2H3/b18-15-. The molecule has 0 aliphatic carbocycles. The number of carbonyl (C=O) groups excluding carboxylic acids is 1. The zero-order valence-electron chi connectivity index (χ0n) is 12.5. The van der Waals surface area contributed by atoms with E-state index in [-0.39, 0.29) is 6.03 Å². The predicted octanol–water partition coefficient (Wildman–Crippen LogP) is 3.32. The minimum absolute atomic E-state index is 0.158. The monoisotopic (exact) mass is 336 g/mol. The number of aryl methyl sites for hydroxylation is 1. The van der Waals surface area contributed by atoms with Crippen LogP contribution in [-0.4, -0.2) is 33.6 Å². The second-order valence-corrected chi connectivity index (χ2v) is 6.86. The normalized spacial score (nSPS) is 15.6. The Morgan fingerprint density at radius 3 is 2.68 bits per heavy atom. The highest BCUT2D eigenvalue weighted by Crippen LogP contribution is 2.17. The second-order valence-electron chi connectivity index (χ2n) is 5.29. The number of thiazole rings is 1. The summed E-state index contributed by atoms with van der Waals surface area (Å²) < 4.78 is 1.96. The van der Waals surface area contributed by atoms with E-state index in [4.69, 9.17) is 11.6 Å². The molecule has 0 radical (unpaired) electrons. The molecule has 1 aliphatic rings. The molecule has 0 spiro atoms. The molecule has 7 heteroatoms. The largest absolute Gasteiger partial charge is 0.346 e. The van der Waals surface area contributed by atoms with Gasteiger partial charge in [-0.1, -0.05) is 11.6 Å². The smallest absolute Gasteiger partial charge is 0.323 e. The van der Waals surface area contributed by atoms with Crippen LogP contribution in [0.4, 0.5) is 4.79 Å². The minimum atomic E-state index is -0.158. The molecule has 0 N–H and O–H groups in total. The molecule has 0 bridgehead atoms. The van der Waals surface area contributed by atoms with Gasteiger partial charge in [0, 0.05) is 23.7 Å². The highest BCUT2D eigenvalue weighted by atomic mass is 35.5. The number of hydrogen-bond acceptors (Lipinski definition) is 3. The quantitative estimate of drug-likeness (QED) is 0.750. The number of carbonyl (C=O) groups is 1. The summed E-state index contributed by atoms with van der Waals surface area (Å²) in [6.07, 6.45) is 3.82. The van der Waals surface area contributed by atoms with E-state index >= 15 is 0 Å². The van der Waals surface area contributed by atoms with E-state index < -0.39 is 0 Å². The molecule has 1 fully saturated rings. The van der Waals surface area contributed by atoms with Crippen molar-refractivity contribution in [1.29, 1.82) is 0 Å². The number of amides is 2. The van der Waals surface area contributed by atoms with Crippen molar-refractivity contribution in [1.82, 2.24) is 14.5 Å². The van der Waals surface area contributed by atoms with Crippen LogP contribution in [0.25, 0.3) is 5.69 Å². The van der Waals surface area contributed by atoms with Crippen molar-refractivity contribution < 1.29 is 4.79 Å². The molecule has 1 aliphatic heterocycles. The molecule has 3 rings (SSSR count). The van der Waals surface area contributed by atoms with Gasteiger partial charge in [0.25, 0.3) is 0 Å². The van der Waals surface area contributed by atoms with E-state index in [1.54, 1.807) is 17.2 Å². The Labute approximate surface area is 137 Å². The molecule has 2 aromatic rings. The van der Waals surface area contributed by atoms with Crippen LogP contribution in [0.2, 0.25) is 5.15 Å². The predicted molar refractivity (Wildman–Crippen MR) is 87.7 cm³/mol. The summed E-state index contributed by atoms with van der Waals surface area (Å²) in [5.41, 5.74) is 1.92. The van der Waals surface area contributed by atoms with Crippen LogP contribution in [0.3, 0.4) is 0 Å². The zero-order chi connectivity index (χ0) is 15.7. The van der Waals surface area contributed by atoms with Gasteiger partial charge in [-0.05, 0) is 38.8 Å². The van der Waals surface area contributed by atoms with Crippen LogP contribution in [-0.2, 0) is 0 Å². The van der Waals surface area contributed by atoms with Gasteiger partial charge in [0.2, 0.25) is 0 Å². The van der Waals surface area contributed by atoms with Gasteiger partial charge >= 0.3 is 6.03 Å². The number of rotatable bonds is 1. The summed E-state index contributed by atoms with van der Waals surface area (Å²) in [7, 11) is 0. The molecule has 3 heterocycles. The maximum atomic E-state index is 12.3. The lowest BCUT2D eigenvalue weighted by atomic mass is 10.3. The second kappa shape index (κ2) is 6.22. The van der Waals surface area contributed by atoms with Crippen molar-refractivity contribution in [3.63, 3.8) is 0 Å². The maximum Gasteiger partial charge on any atom is 0.346 e. The fourth-order valence-corrected chi connectivity index (χ4v) is 3.58. The van der Waals surface area contributed by atoms with Gasteiger partial charge in [-0.3, -0.25) is 4.57 Å². The molecule has 0 unspecified atom stereocenters. The van der Waals surface area contributed by atoms with E-state index in [1.165, 1.54) is 11.3 Å². The highest BCUT2D eigenvalue weighted by molar-refractivity contribution is 7.09. The van der Waals surface area contributed by atoms with Gasteiger partial charge in [-0.25, -0.2) is 9.78 Å². The average molecular weight is 337 g/mol. The third-order valence-corrected chi connectivity index (χ3v) is 5.10. The van der Waals surface area contributed by atoms with Crippen LogP contribution >= 0.6 is 22.9 Å². The van der Waals surface area contributed by atoms with Gasteiger partial charge in [-0.15, -0.1) is 11.3 Å². The molecule has 0 aromatic carbocycles. The summed E-state index contributed by atoms with van der Waals surface area (Å²) in [5, 5.41) is 0.445. The van der Waals surface area contributed by atoms with E-state index in [1.807, 2.05) is 24.5 Å². The first-order valence-corrected chi connectivity index (χ1v) is 8.40. The molecular weight excluding hydrogens is 320 g/mol. The molecule has 22 heavy (non-hydrogen) atoms. The Morgan fingerprint density at radius 1 is 1.32 bits per heavy atom. The number of urea groups is 1. The molecule has 2 amide bonds. The van der Waals surface area contributed by atoms with Gasteiger partial charge in [-0.2, -0.15) is 4.99 Å². The van der Waals surface area contributed by atoms with Crippen molar-refractivity contribution in [3.8, 4) is 5.69 Å². The molecule has 1 saturated heterocycles. The van der Waals surface area contributed by atoms with Crippen molar-refractivity contribution >= 4 is 29.0 Å². The SMILES string of the molecule is Cc1s/c(=N\C(=O)N2CCCC2)n(-c2ccc(Cl)nc2)c1C. The third-order valence-electron chi connectivity index (χ3n) is 3.82. The first-order chi connectivity index (χ1) is 10.6. The molecule has 0 saturated carbocycles. The van der Waals surface area contributed by atoms with Crippen LogP contribution in [0.15, 0.2) is 23.3 Å². The minimum Gasteiger partial charge on any atom is -0.323 e. The molecule has 0 atom stereocenters. The van der Waals surface area contributed by atoms with E-state index in [0.717, 1.165) is 42.2 Å². The number of likely N-dealkylation sites (tertiary alicyclic amines) is 1. The Bertz CT molecular complexity index is 757. The first-order valence-electron chi connectivity index (χ1n) is 7.21. The topological polar surface area (TPSA) is 50.5 Å².